The Bertz CT molecular complexity index is 5050. The third-order valence-corrected chi connectivity index (χ3v) is 20.6. The maximum Gasteiger partial charge on any atom is 0.291 e. The molecule has 0 aliphatic carbocycles. The summed E-state index contributed by atoms with van der Waals surface area (Å²) in [6, 6.07) is 16.4. The zero-order valence-electron chi connectivity index (χ0n) is 70.7. The summed E-state index contributed by atoms with van der Waals surface area (Å²) >= 11 is 7.72. The SMILES string of the molecule is CC(=N)N1C(=N)[C@H](CC(=O)Nc2ccc(OCCOCCOCCOCCOCCOCCC(=O)N(C)CCCN(C)CCCNC(=O)CCNC(=O)c3nc(NC(=O)CCNC(=O)c4cc(NC(=O)c5nc(NC(=O)CCNC(=O)c6cc(NC(=O)c7nccn7C)cn6C)cn5C)cn4C)cn3C)cc2)N=C(c2ccc(Cl)cc2)c2c1sc(C)c2C. The molecule has 660 valence electrons. The fraction of sp³-hybridized carbons (Fsp3) is 0.439. The third-order valence-electron chi connectivity index (χ3n) is 19.2. The van der Waals surface area contributed by atoms with Crippen molar-refractivity contribution in [1.29, 1.82) is 10.8 Å². The van der Waals surface area contributed by atoms with Crippen molar-refractivity contribution in [2.45, 2.75) is 71.8 Å². The Labute approximate surface area is 720 Å². The Morgan fingerprint density at radius 3 is 1.56 bits per heavy atom. The van der Waals surface area contributed by atoms with Gasteiger partial charge in [0.1, 0.15) is 46.5 Å². The molecule has 8 aromatic rings. The van der Waals surface area contributed by atoms with Crippen molar-refractivity contribution < 1.29 is 76.4 Å². The van der Waals surface area contributed by atoms with Crippen LogP contribution < -0.4 is 57.5 Å². The van der Waals surface area contributed by atoms with Crippen LogP contribution in [-0.4, -0.2) is 263 Å². The number of carbonyl (C=O) groups is 10. The highest BCUT2D eigenvalue weighted by Crippen LogP contribution is 2.40. The van der Waals surface area contributed by atoms with Gasteiger partial charge in [-0.15, -0.1) is 11.3 Å². The number of thiophene rings is 1. The molecule has 39 nitrogen and oxygen atoms in total. The van der Waals surface area contributed by atoms with Crippen molar-refractivity contribution in [2.75, 3.05) is 164 Å². The summed E-state index contributed by atoms with van der Waals surface area (Å²) in [5.74, 6) is -3.13. The van der Waals surface area contributed by atoms with Crippen LogP contribution in [0.15, 0.2) is 103 Å². The summed E-state index contributed by atoms with van der Waals surface area (Å²) in [5.41, 5.74) is 4.89. The Morgan fingerprint density at radius 2 is 1.02 bits per heavy atom. The number of rotatable bonds is 49. The van der Waals surface area contributed by atoms with Crippen molar-refractivity contribution in [3.63, 3.8) is 0 Å². The number of aryl methyl sites for hydroxylation is 6. The summed E-state index contributed by atoms with van der Waals surface area (Å²) in [5, 5.41) is 43.5. The van der Waals surface area contributed by atoms with E-state index in [0.29, 0.717) is 120 Å². The second-order valence-electron chi connectivity index (χ2n) is 28.8. The number of aliphatic imine (C=N–C) groups is 1. The number of nitrogens with zero attached hydrogens (tertiary/aromatic N) is 12. The Morgan fingerprint density at radius 1 is 0.520 bits per heavy atom. The van der Waals surface area contributed by atoms with Crippen molar-refractivity contribution >= 4 is 133 Å². The van der Waals surface area contributed by atoms with Gasteiger partial charge in [-0.2, -0.15) is 0 Å². The van der Waals surface area contributed by atoms with Crippen LogP contribution >= 0.6 is 22.9 Å². The summed E-state index contributed by atoms with van der Waals surface area (Å²) in [6.45, 7) is 12.0. The van der Waals surface area contributed by atoms with Crippen molar-refractivity contribution in [3.8, 4) is 5.75 Å². The van der Waals surface area contributed by atoms with Gasteiger partial charge < -0.3 is 109 Å². The van der Waals surface area contributed by atoms with Gasteiger partial charge in [0, 0.05) is 158 Å². The maximum absolute atomic E-state index is 13.5. The number of hydrogen-bond acceptors (Lipinski definition) is 24. The van der Waals surface area contributed by atoms with Crippen LogP contribution in [0.4, 0.5) is 33.7 Å². The number of benzene rings is 2. The minimum absolute atomic E-state index is 0.00444. The van der Waals surface area contributed by atoms with E-state index in [1.165, 1.54) is 66.5 Å². The topological polar surface area (TPSA) is 467 Å². The summed E-state index contributed by atoms with van der Waals surface area (Å²) < 4.78 is 41.3. The molecule has 11 N–H and O–H groups in total. The molecule has 10 amide bonds. The van der Waals surface area contributed by atoms with E-state index in [4.69, 9.17) is 50.4 Å². The predicted molar refractivity (Wildman–Crippen MR) is 464 cm³/mol. The van der Waals surface area contributed by atoms with E-state index in [1.807, 2.05) is 33.0 Å². The molecule has 0 fully saturated rings. The second-order valence-corrected chi connectivity index (χ2v) is 30.5. The molecule has 0 unspecified atom stereocenters. The number of amides is 10. The molecule has 1 aliphatic rings. The Balaban J connectivity index is 0.521. The van der Waals surface area contributed by atoms with Gasteiger partial charge in [0.25, 0.3) is 29.5 Å². The minimum atomic E-state index is -0.862. The smallest absolute Gasteiger partial charge is 0.291 e. The lowest BCUT2D eigenvalue weighted by Crippen LogP contribution is -2.41. The van der Waals surface area contributed by atoms with Crippen molar-refractivity contribution in [1.82, 2.24) is 68.9 Å². The van der Waals surface area contributed by atoms with E-state index in [1.54, 1.807) is 112 Å². The van der Waals surface area contributed by atoms with Crippen molar-refractivity contribution in [2.24, 2.45) is 40.2 Å². The first kappa shape index (κ1) is 94.5. The molecule has 7 heterocycles. The quantitative estimate of drug-likeness (QED) is 0.0120. The van der Waals surface area contributed by atoms with Gasteiger partial charge in [-0.3, -0.25) is 68.7 Å². The molecule has 123 heavy (non-hydrogen) atoms. The lowest BCUT2D eigenvalue weighted by atomic mass is 9.99. The molecular weight excluding hydrogens is 1630 g/mol. The zero-order chi connectivity index (χ0) is 88.7. The normalized spacial score (nSPS) is 12.4. The summed E-state index contributed by atoms with van der Waals surface area (Å²) in [4.78, 5) is 153. The maximum atomic E-state index is 13.5. The molecule has 41 heteroatoms. The van der Waals surface area contributed by atoms with Crippen LogP contribution in [0.1, 0.15) is 126 Å². The largest absolute Gasteiger partial charge is 0.491 e. The number of ether oxygens (including phenoxy) is 6. The minimum Gasteiger partial charge on any atom is -0.491 e. The highest BCUT2D eigenvalue weighted by Gasteiger charge is 2.35. The first-order valence-electron chi connectivity index (χ1n) is 39.9. The first-order chi connectivity index (χ1) is 59.0. The van der Waals surface area contributed by atoms with Crippen molar-refractivity contribution in [3.05, 3.63) is 153 Å². The van der Waals surface area contributed by atoms with Crippen LogP contribution in [0.2, 0.25) is 5.02 Å². The first-order valence-corrected chi connectivity index (χ1v) is 41.1. The van der Waals surface area contributed by atoms with E-state index in [0.717, 1.165) is 39.5 Å². The molecular formula is C82H108ClN23O16S. The molecule has 2 aromatic carbocycles. The molecule has 0 spiro atoms. The van der Waals surface area contributed by atoms with Gasteiger partial charge in [-0.1, -0.05) is 23.7 Å². The van der Waals surface area contributed by atoms with Crippen LogP contribution in [0.3, 0.4) is 0 Å². The monoisotopic (exact) mass is 1740 g/mol. The van der Waals surface area contributed by atoms with E-state index in [2.05, 4.69) is 67.7 Å². The molecule has 1 atom stereocenters. The second kappa shape index (κ2) is 47.2. The number of nitrogens with one attached hydrogen (secondary N) is 11. The lowest BCUT2D eigenvalue weighted by molar-refractivity contribution is -0.131. The fourth-order valence-electron chi connectivity index (χ4n) is 12.6. The van der Waals surface area contributed by atoms with Gasteiger partial charge in [-0.25, -0.2) is 15.0 Å². The average Bonchev–Trinajstić information content (AvgIpc) is 1.60. The number of carbonyl (C=O) groups excluding carboxylic acids is 10. The zero-order valence-corrected chi connectivity index (χ0v) is 72.2. The highest BCUT2D eigenvalue weighted by atomic mass is 35.5. The number of hydrogen-bond donors (Lipinski definition) is 11. The number of imidazole rings is 3. The molecule has 0 radical (unpaired) electrons. The number of fused-ring (bicyclic) bond motifs is 1. The lowest BCUT2D eigenvalue weighted by Gasteiger charge is -2.24. The summed E-state index contributed by atoms with van der Waals surface area (Å²) in [6.07, 6.45) is 10.4. The summed E-state index contributed by atoms with van der Waals surface area (Å²) in [7, 11) is 11.8. The van der Waals surface area contributed by atoms with Crippen LogP contribution in [-0.2, 0) is 82.9 Å². The number of anilines is 6. The van der Waals surface area contributed by atoms with E-state index in [-0.39, 0.29) is 134 Å². The van der Waals surface area contributed by atoms with Crippen LogP contribution in [0, 0.1) is 24.7 Å². The highest BCUT2D eigenvalue weighted by molar-refractivity contribution is 7.17. The molecule has 1 aliphatic heterocycles. The molecule has 9 rings (SSSR count). The molecule has 6 aromatic heterocycles. The van der Waals surface area contributed by atoms with E-state index in [9.17, 15) is 53.4 Å². The Hall–Kier alpha value is -12.3. The number of amidine groups is 2. The number of halogens is 1. The average molecular weight is 1740 g/mol. The van der Waals surface area contributed by atoms with Gasteiger partial charge in [0.2, 0.25) is 41.2 Å². The van der Waals surface area contributed by atoms with Crippen LogP contribution in [0.5, 0.6) is 5.75 Å². The molecule has 0 bridgehead atoms. The van der Waals surface area contributed by atoms with Gasteiger partial charge >= 0.3 is 0 Å². The molecule has 0 saturated carbocycles. The van der Waals surface area contributed by atoms with E-state index < -0.39 is 47.4 Å². The fourth-order valence-corrected chi connectivity index (χ4v) is 14.0. The third kappa shape index (κ3) is 28.9. The van der Waals surface area contributed by atoms with Crippen LogP contribution in [0.25, 0.3) is 0 Å². The standard InChI is InChI=1S/C82H108ClN23O16S/c1-52-53(2)123-82-71(52)72(55-13-15-56(83)16-14-55)94-61(73(85)106(82)54(3)84)47-69(110)91-57-17-19-60(20-18-57)122-44-43-121-42-41-120-40-39-119-38-37-118-36-35-117-34-24-70(111)100(5)32-12-31-99(4)30-11-25-86-66(107)21-26-90-79(114)75-97-64(50-104(75)9)95-67(108)22-27-89-78(113)63-46-59(49-103(63)8)93-81(116)76-98-65(51-105(76)10)96-68(109)23-28-88-77(112)62-45-58(48-102(62)7)92-80(115)74-87-29-33-101(74)6/h13-20,29,33,45-46,48-51,61,84-85H,11-12,21-28,30-32,34-44,47H2,1-10H3,(H,86,107)(H,88,112)(H,89,113)(H,90,114)(H,91,110)(H,92,115)(H,93,116)(H,95,108)(H,96,109)/t61-/m0/s1. The predicted octanol–water partition coefficient (Wildman–Crippen LogP) is 5.91. The van der Waals surface area contributed by atoms with Gasteiger partial charge in [0.15, 0.2) is 17.5 Å². The van der Waals surface area contributed by atoms with Gasteiger partial charge in [0.05, 0.1) is 96.0 Å². The van der Waals surface area contributed by atoms with E-state index >= 15 is 0 Å². The molecule has 0 saturated heterocycles. The Kier molecular flexibility index (Phi) is 36.3. The van der Waals surface area contributed by atoms with Gasteiger partial charge in [-0.05, 0) is 108 Å². The number of aromatic nitrogens is 8.